The maximum Gasteiger partial charge on any atom is 0.252 e. The first kappa shape index (κ1) is 11.7. The van der Waals surface area contributed by atoms with Crippen LogP contribution in [0.15, 0.2) is 17.2 Å². The molecule has 0 aromatic carbocycles. The van der Waals surface area contributed by atoms with E-state index in [0.717, 1.165) is 51.6 Å². The Morgan fingerprint density at radius 1 is 1.33 bits per heavy atom. The summed E-state index contributed by atoms with van der Waals surface area (Å²) in [7, 11) is 0. The lowest BCUT2D eigenvalue weighted by molar-refractivity contribution is 0.0209. The average molecular weight is 250 g/mol. The van der Waals surface area contributed by atoms with Crippen molar-refractivity contribution in [3.63, 3.8) is 0 Å². The summed E-state index contributed by atoms with van der Waals surface area (Å²) in [4.78, 5) is 22.7. The molecule has 98 valence electrons. The van der Waals surface area contributed by atoms with Crippen LogP contribution in [0.25, 0.3) is 0 Å². The van der Waals surface area contributed by atoms with Crippen molar-refractivity contribution in [3.05, 3.63) is 22.7 Å². The molecule has 0 aliphatic carbocycles. The number of nitrogens with one attached hydrogen (secondary N) is 1. The van der Waals surface area contributed by atoms with Gasteiger partial charge < -0.3 is 14.6 Å². The normalized spacial score (nSPS) is 25.6. The number of hydrogen-bond donors (Lipinski definition) is 1. The Labute approximate surface area is 106 Å². The van der Waals surface area contributed by atoms with E-state index in [1.807, 2.05) is 0 Å². The van der Waals surface area contributed by atoms with Gasteiger partial charge in [0.05, 0.1) is 19.5 Å². The topological polar surface area (TPSA) is 61.5 Å². The van der Waals surface area contributed by atoms with Gasteiger partial charge in [-0.3, -0.25) is 9.69 Å². The summed E-state index contributed by atoms with van der Waals surface area (Å²) < 4.78 is 5.37. The summed E-state index contributed by atoms with van der Waals surface area (Å²) in [6.07, 6.45) is 2.61. The van der Waals surface area contributed by atoms with Crippen molar-refractivity contribution in [2.45, 2.75) is 12.5 Å². The fraction of sp³-hybridized carbons (Fsp3) is 0.667. The van der Waals surface area contributed by atoms with Crippen molar-refractivity contribution in [3.8, 4) is 0 Å². The molecule has 1 atom stereocenters. The molecule has 2 aliphatic heterocycles. The Morgan fingerprint density at radius 2 is 2.17 bits per heavy atom. The van der Waals surface area contributed by atoms with Gasteiger partial charge in [-0.15, -0.1) is 0 Å². The molecule has 2 fully saturated rings. The number of anilines is 1. The van der Waals surface area contributed by atoms with Crippen LogP contribution in [0, 0.1) is 0 Å². The summed E-state index contributed by atoms with van der Waals surface area (Å²) in [5.74, 6) is 0.787. The Balaban J connectivity index is 1.66. The number of H-pyrrole nitrogens is 1. The third-order valence-electron chi connectivity index (χ3n) is 3.71. The second-order valence-electron chi connectivity index (χ2n) is 4.81. The molecule has 18 heavy (non-hydrogen) atoms. The highest BCUT2D eigenvalue weighted by molar-refractivity contribution is 5.38. The molecule has 3 rings (SSSR count). The van der Waals surface area contributed by atoms with Gasteiger partial charge in [-0.1, -0.05) is 0 Å². The summed E-state index contributed by atoms with van der Waals surface area (Å²) in [6.45, 7) is 5.62. The second-order valence-corrected chi connectivity index (χ2v) is 4.81. The standard InChI is InChI=1S/C12H18N4O2/c17-12-7-11(13-9-14-12)16-2-1-10(8-16)15-3-5-18-6-4-15/h7,9-10H,1-6,8H2,(H,13,14,17). The number of rotatable bonds is 2. The zero-order valence-corrected chi connectivity index (χ0v) is 10.3. The molecule has 2 saturated heterocycles. The van der Waals surface area contributed by atoms with Crippen molar-refractivity contribution in [1.82, 2.24) is 14.9 Å². The highest BCUT2D eigenvalue weighted by Crippen LogP contribution is 2.20. The molecule has 0 bridgehead atoms. The third-order valence-corrected chi connectivity index (χ3v) is 3.71. The van der Waals surface area contributed by atoms with Crippen molar-refractivity contribution in [2.75, 3.05) is 44.3 Å². The van der Waals surface area contributed by atoms with Crippen molar-refractivity contribution < 1.29 is 4.74 Å². The molecule has 0 amide bonds. The maximum absolute atomic E-state index is 11.3. The lowest BCUT2D eigenvalue weighted by Gasteiger charge is -2.32. The molecule has 0 saturated carbocycles. The van der Waals surface area contributed by atoms with Crippen LogP contribution in [0.2, 0.25) is 0 Å². The van der Waals surface area contributed by atoms with E-state index in [9.17, 15) is 4.79 Å². The molecule has 6 nitrogen and oxygen atoms in total. The largest absolute Gasteiger partial charge is 0.379 e. The van der Waals surface area contributed by atoms with Crippen LogP contribution in [0.1, 0.15) is 6.42 Å². The van der Waals surface area contributed by atoms with E-state index in [1.54, 1.807) is 6.07 Å². The van der Waals surface area contributed by atoms with Gasteiger partial charge in [-0.2, -0.15) is 0 Å². The van der Waals surface area contributed by atoms with Crippen LogP contribution < -0.4 is 10.5 Å². The van der Waals surface area contributed by atoms with Crippen LogP contribution in [0.5, 0.6) is 0 Å². The number of hydrogen-bond acceptors (Lipinski definition) is 5. The Bertz CT molecular complexity index is 455. The highest BCUT2D eigenvalue weighted by Gasteiger charge is 2.29. The van der Waals surface area contributed by atoms with E-state index in [4.69, 9.17) is 4.74 Å². The van der Waals surface area contributed by atoms with Gasteiger partial charge in [0.25, 0.3) is 5.56 Å². The molecular formula is C12H18N4O2. The minimum atomic E-state index is -0.0881. The summed E-state index contributed by atoms with van der Waals surface area (Å²) in [5.41, 5.74) is -0.0881. The quantitative estimate of drug-likeness (QED) is 0.779. The summed E-state index contributed by atoms with van der Waals surface area (Å²) in [5, 5.41) is 0. The van der Waals surface area contributed by atoms with Crippen LogP contribution >= 0.6 is 0 Å². The Hall–Kier alpha value is -1.40. The zero-order valence-electron chi connectivity index (χ0n) is 10.3. The third kappa shape index (κ3) is 2.39. The minimum Gasteiger partial charge on any atom is -0.379 e. The minimum absolute atomic E-state index is 0.0881. The highest BCUT2D eigenvalue weighted by atomic mass is 16.5. The van der Waals surface area contributed by atoms with Gasteiger partial charge in [-0.05, 0) is 6.42 Å². The fourth-order valence-electron chi connectivity index (χ4n) is 2.72. The maximum atomic E-state index is 11.3. The monoisotopic (exact) mass is 250 g/mol. The molecule has 3 heterocycles. The Kier molecular flexibility index (Phi) is 3.29. The van der Waals surface area contributed by atoms with Crippen LogP contribution in [-0.4, -0.2) is 60.3 Å². The van der Waals surface area contributed by atoms with E-state index in [1.165, 1.54) is 6.33 Å². The average Bonchev–Trinajstić information content (AvgIpc) is 2.89. The number of ether oxygens (including phenoxy) is 1. The predicted octanol–water partition coefficient (Wildman–Crippen LogP) is -0.319. The van der Waals surface area contributed by atoms with Gasteiger partial charge in [0.15, 0.2) is 0 Å². The number of aromatic nitrogens is 2. The first-order valence-electron chi connectivity index (χ1n) is 6.44. The molecule has 1 N–H and O–H groups in total. The molecule has 1 aromatic heterocycles. The van der Waals surface area contributed by atoms with Crippen LogP contribution in [-0.2, 0) is 4.74 Å². The number of aromatic amines is 1. The van der Waals surface area contributed by atoms with Gasteiger partial charge in [0, 0.05) is 38.3 Å². The van der Waals surface area contributed by atoms with Crippen LogP contribution in [0.3, 0.4) is 0 Å². The van der Waals surface area contributed by atoms with Crippen molar-refractivity contribution in [1.29, 1.82) is 0 Å². The van der Waals surface area contributed by atoms with Crippen molar-refractivity contribution >= 4 is 5.82 Å². The summed E-state index contributed by atoms with van der Waals surface area (Å²) in [6, 6.07) is 2.14. The predicted molar refractivity (Wildman–Crippen MR) is 67.9 cm³/mol. The smallest absolute Gasteiger partial charge is 0.252 e. The van der Waals surface area contributed by atoms with Crippen LogP contribution in [0.4, 0.5) is 5.82 Å². The van der Waals surface area contributed by atoms with Gasteiger partial charge in [-0.25, -0.2) is 4.98 Å². The van der Waals surface area contributed by atoms with E-state index >= 15 is 0 Å². The van der Waals surface area contributed by atoms with E-state index in [2.05, 4.69) is 19.8 Å². The first-order valence-corrected chi connectivity index (χ1v) is 6.44. The first-order chi connectivity index (χ1) is 8.83. The van der Waals surface area contributed by atoms with Gasteiger partial charge >= 0.3 is 0 Å². The number of morpholine rings is 1. The second kappa shape index (κ2) is 5.07. The van der Waals surface area contributed by atoms with Gasteiger partial charge in [0.1, 0.15) is 5.82 Å². The number of nitrogens with zero attached hydrogens (tertiary/aromatic N) is 3. The Morgan fingerprint density at radius 3 is 2.94 bits per heavy atom. The fourth-order valence-corrected chi connectivity index (χ4v) is 2.72. The molecule has 0 radical (unpaired) electrons. The lowest BCUT2D eigenvalue weighted by Crippen LogP contribution is -2.44. The van der Waals surface area contributed by atoms with Gasteiger partial charge in [0.2, 0.25) is 0 Å². The van der Waals surface area contributed by atoms with E-state index in [0.29, 0.717) is 6.04 Å². The molecule has 2 aliphatic rings. The summed E-state index contributed by atoms with van der Waals surface area (Å²) >= 11 is 0. The zero-order chi connectivity index (χ0) is 12.4. The molecule has 1 unspecified atom stereocenters. The van der Waals surface area contributed by atoms with Crippen molar-refractivity contribution in [2.24, 2.45) is 0 Å². The van der Waals surface area contributed by atoms with E-state index in [-0.39, 0.29) is 5.56 Å². The molecular weight excluding hydrogens is 232 g/mol. The SMILES string of the molecule is O=c1cc(N2CCC(N3CCOCC3)C2)nc[nH]1. The van der Waals surface area contributed by atoms with E-state index < -0.39 is 0 Å². The lowest BCUT2D eigenvalue weighted by atomic mass is 10.2. The molecule has 0 spiro atoms. The molecule has 1 aromatic rings. The molecule has 6 heteroatoms.